The van der Waals surface area contributed by atoms with Gasteiger partial charge in [-0.15, -0.1) is 0 Å². The van der Waals surface area contributed by atoms with E-state index in [-0.39, 0.29) is 0 Å². The molecule has 0 unspecified atom stereocenters. The van der Waals surface area contributed by atoms with Crippen LogP contribution in [0.5, 0.6) is 0 Å². The first-order chi connectivity index (χ1) is 10.4. The second-order valence-electron chi connectivity index (χ2n) is 5.11. The minimum Gasteiger partial charge on any atom is -0.346 e. The molecule has 3 heteroatoms. The highest BCUT2D eigenvalue weighted by atomic mass is 15.3. The van der Waals surface area contributed by atoms with E-state index >= 15 is 0 Å². The smallest absolute Gasteiger partial charge is 0.136 e. The van der Waals surface area contributed by atoms with E-state index in [9.17, 15) is 0 Å². The Labute approximate surface area is 123 Å². The number of fused-ring (bicyclic) bond motifs is 1. The van der Waals surface area contributed by atoms with Crippen LogP contribution in [0.4, 0.5) is 5.82 Å². The molecule has 102 valence electrons. The minimum atomic E-state index is 0.791. The van der Waals surface area contributed by atoms with Crippen LogP contribution in [-0.4, -0.2) is 9.78 Å². The zero-order valence-electron chi connectivity index (χ0n) is 11.5. The molecular weight excluding hydrogens is 258 g/mol. The maximum atomic E-state index is 4.52. The topological polar surface area (TPSA) is 29.9 Å². The molecule has 2 heterocycles. The highest BCUT2D eigenvalue weighted by Crippen LogP contribution is 2.32. The fourth-order valence-corrected chi connectivity index (χ4v) is 2.68. The van der Waals surface area contributed by atoms with Gasteiger partial charge in [0, 0.05) is 11.8 Å². The lowest BCUT2D eigenvalue weighted by atomic mass is 10.1. The summed E-state index contributed by atoms with van der Waals surface area (Å²) < 4.78 is 2.02. The van der Waals surface area contributed by atoms with Gasteiger partial charge in [0.25, 0.3) is 0 Å². The van der Waals surface area contributed by atoms with Gasteiger partial charge in [0.05, 0.1) is 12.7 Å². The fourth-order valence-electron chi connectivity index (χ4n) is 2.68. The van der Waals surface area contributed by atoms with E-state index in [4.69, 9.17) is 0 Å². The molecule has 3 aromatic rings. The van der Waals surface area contributed by atoms with E-state index in [2.05, 4.69) is 53.0 Å². The number of hydrogen-bond donors (Lipinski definition) is 1. The molecule has 1 aliphatic rings. The highest BCUT2D eigenvalue weighted by Gasteiger charge is 2.17. The van der Waals surface area contributed by atoms with Crippen LogP contribution < -0.4 is 5.32 Å². The molecule has 0 atom stereocenters. The van der Waals surface area contributed by atoms with Gasteiger partial charge in [-0.2, -0.15) is 5.10 Å². The van der Waals surface area contributed by atoms with E-state index in [1.54, 1.807) is 0 Å². The first-order valence-electron chi connectivity index (χ1n) is 7.04. The van der Waals surface area contributed by atoms with Gasteiger partial charge >= 0.3 is 0 Å². The first-order valence-corrected chi connectivity index (χ1v) is 7.04. The Morgan fingerprint density at radius 3 is 2.24 bits per heavy atom. The monoisotopic (exact) mass is 273 g/mol. The van der Waals surface area contributed by atoms with Crippen molar-refractivity contribution >= 4 is 11.4 Å². The summed E-state index contributed by atoms with van der Waals surface area (Å²) in [7, 11) is 0. The number of allylic oxidation sites excluding steroid dienone is 1. The molecule has 1 aromatic heterocycles. The lowest BCUT2D eigenvalue weighted by Crippen LogP contribution is -2.12. The number of hydrogen-bond acceptors (Lipinski definition) is 2. The summed E-state index contributed by atoms with van der Waals surface area (Å²) in [6, 6.07) is 20.7. The summed E-state index contributed by atoms with van der Waals surface area (Å²) in [6.07, 6.45) is 4.01. The number of anilines is 1. The second kappa shape index (κ2) is 4.94. The van der Waals surface area contributed by atoms with E-state index in [1.807, 2.05) is 35.1 Å². The van der Waals surface area contributed by atoms with Gasteiger partial charge in [0.1, 0.15) is 5.82 Å². The molecule has 0 bridgehead atoms. The summed E-state index contributed by atoms with van der Waals surface area (Å²) >= 11 is 0. The lowest BCUT2D eigenvalue weighted by Gasteiger charge is -2.18. The third-order valence-corrected chi connectivity index (χ3v) is 3.77. The van der Waals surface area contributed by atoms with Crippen molar-refractivity contribution in [3.8, 4) is 11.1 Å². The first kappa shape index (κ1) is 12.0. The molecule has 3 nitrogen and oxygen atoms in total. The largest absolute Gasteiger partial charge is 0.346 e. The van der Waals surface area contributed by atoms with Crippen LogP contribution >= 0.6 is 0 Å². The zero-order valence-corrected chi connectivity index (χ0v) is 11.5. The van der Waals surface area contributed by atoms with Crippen molar-refractivity contribution in [3.63, 3.8) is 0 Å². The Morgan fingerprint density at radius 1 is 0.857 bits per heavy atom. The van der Waals surface area contributed by atoms with Crippen molar-refractivity contribution in [3.05, 3.63) is 78.6 Å². The Kier molecular flexibility index (Phi) is 2.82. The average molecular weight is 273 g/mol. The van der Waals surface area contributed by atoms with E-state index in [0.29, 0.717) is 0 Å². The molecule has 4 rings (SSSR count). The molecule has 0 saturated heterocycles. The zero-order chi connectivity index (χ0) is 14.1. The third-order valence-electron chi connectivity index (χ3n) is 3.77. The van der Waals surface area contributed by atoms with Crippen LogP contribution in [0, 0.1) is 0 Å². The van der Waals surface area contributed by atoms with Gasteiger partial charge in [-0.05, 0) is 16.7 Å². The van der Waals surface area contributed by atoms with Gasteiger partial charge in [-0.25, -0.2) is 4.68 Å². The van der Waals surface area contributed by atoms with Crippen LogP contribution in [0.1, 0.15) is 5.56 Å². The maximum Gasteiger partial charge on any atom is 0.136 e. The van der Waals surface area contributed by atoms with Gasteiger partial charge in [-0.3, -0.25) is 0 Å². The molecule has 1 N–H and O–H groups in total. The molecule has 0 spiro atoms. The number of aromatic nitrogens is 2. The quantitative estimate of drug-likeness (QED) is 0.764. The number of nitrogens with one attached hydrogen (secondary N) is 1. The molecule has 0 saturated carbocycles. The fraction of sp³-hybridized carbons (Fsp3) is 0.0556. The summed E-state index contributed by atoms with van der Waals surface area (Å²) in [6.45, 7) is 0.791. The normalized spacial score (nSPS) is 13.2. The van der Waals surface area contributed by atoms with Crippen LogP contribution in [0.2, 0.25) is 0 Å². The molecule has 0 amide bonds. The third kappa shape index (κ3) is 2.13. The molecule has 21 heavy (non-hydrogen) atoms. The molecule has 0 radical (unpaired) electrons. The predicted molar refractivity (Wildman–Crippen MR) is 85.7 cm³/mol. The Hall–Kier alpha value is -2.81. The summed E-state index contributed by atoms with van der Waals surface area (Å²) in [5, 5.41) is 7.92. The number of rotatable bonds is 2. The van der Waals surface area contributed by atoms with E-state index < -0.39 is 0 Å². The van der Waals surface area contributed by atoms with Crippen molar-refractivity contribution in [2.45, 2.75) is 6.54 Å². The Balaban J connectivity index is 1.69. The second-order valence-corrected chi connectivity index (χ2v) is 5.11. The van der Waals surface area contributed by atoms with Crippen molar-refractivity contribution in [1.29, 1.82) is 0 Å². The SMILES string of the molecule is C1=C(c2ccccc2)Cn2ncc(-c3ccccc3)c2N1. The van der Waals surface area contributed by atoms with Gasteiger partial charge in [0.2, 0.25) is 0 Å². The van der Waals surface area contributed by atoms with Crippen molar-refractivity contribution in [1.82, 2.24) is 9.78 Å². The van der Waals surface area contributed by atoms with Crippen LogP contribution in [0.15, 0.2) is 73.1 Å². The molecular formula is C18H15N3. The lowest BCUT2D eigenvalue weighted by molar-refractivity contribution is 0.712. The molecule has 0 fully saturated rings. The Morgan fingerprint density at radius 2 is 1.52 bits per heavy atom. The van der Waals surface area contributed by atoms with Crippen molar-refractivity contribution in [2.24, 2.45) is 0 Å². The summed E-state index contributed by atoms with van der Waals surface area (Å²) in [5.74, 6) is 1.06. The van der Waals surface area contributed by atoms with Gasteiger partial charge in [-0.1, -0.05) is 60.7 Å². The van der Waals surface area contributed by atoms with Gasteiger partial charge in [0.15, 0.2) is 0 Å². The molecule has 0 aliphatic carbocycles. The van der Waals surface area contributed by atoms with E-state index in [1.165, 1.54) is 16.7 Å². The molecule has 1 aliphatic heterocycles. The van der Waals surface area contributed by atoms with Crippen LogP contribution in [0.25, 0.3) is 16.7 Å². The standard InChI is InChI=1S/C18H15N3/c1-3-7-14(8-4-1)16-11-19-18-17(12-20-21(18)13-16)15-9-5-2-6-10-15/h1-12,19H,13H2. The average Bonchev–Trinajstić information content (AvgIpc) is 2.99. The summed E-state index contributed by atoms with van der Waals surface area (Å²) in [4.78, 5) is 0. The predicted octanol–water partition coefficient (Wildman–Crippen LogP) is 4.02. The molecule has 2 aromatic carbocycles. The van der Waals surface area contributed by atoms with Gasteiger partial charge < -0.3 is 5.32 Å². The maximum absolute atomic E-state index is 4.52. The van der Waals surface area contributed by atoms with Crippen molar-refractivity contribution < 1.29 is 0 Å². The van der Waals surface area contributed by atoms with Crippen LogP contribution in [0.3, 0.4) is 0 Å². The summed E-state index contributed by atoms with van der Waals surface area (Å²) in [5.41, 5.74) is 4.79. The number of benzene rings is 2. The Bertz CT molecular complexity index is 786. The van der Waals surface area contributed by atoms with E-state index in [0.717, 1.165) is 17.9 Å². The van der Waals surface area contributed by atoms with Crippen LogP contribution in [-0.2, 0) is 6.54 Å². The number of nitrogens with zero attached hydrogens (tertiary/aromatic N) is 2. The minimum absolute atomic E-state index is 0.791. The van der Waals surface area contributed by atoms with Crippen molar-refractivity contribution in [2.75, 3.05) is 5.32 Å². The highest BCUT2D eigenvalue weighted by molar-refractivity contribution is 5.79.